The van der Waals surface area contributed by atoms with E-state index >= 15 is 0 Å². The Kier molecular flexibility index (Phi) is 5.93. The second kappa shape index (κ2) is 8.76. The van der Waals surface area contributed by atoms with Crippen LogP contribution in [0.2, 0.25) is 0 Å². The molecule has 2 heterocycles. The predicted octanol–water partition coefficient (Wildman–Crippen LogP) is 4.22. The van der Waals surface area contributed by atoms with Crippen molar-refractivity contribution in [3.63, 3.8) is 0 Å². The third kappa shape index (κ3) is 4.21. The molecule has 2 N–H and O–H groups in total. The number of benzene rings is 2. The molecule has 3 aromatic rings. The van der Waals surface area contributed by atoms with Crippen LogP contribution in [0.1, 0.15) is 31.2 Å². The maximum absolute atomic E-state index is 9.10. The molecule has 0 saturated carbocycles. The van der Waals surface area contributed by atoms with Gasteiger partial charge < -0.3 is 9.84 Å². The number of nitrogens with one attached hydrogen (secondary N) is 1. The summed E-state index contributed by atoms with van der Waals surface area (Å²) in [6.45, 7) is 3.47. The third-order valence-corrected chi connectivity index (χ3v) is 5.82. The molecule has 1 fully saturated rings. The van der Waals surface area contributed by atoms with E-state index in [1.807, 2.05) is 12.3 Å². The van der Waals surface area contributed by atoms with Crippen LogP contribution in [0, 0.1) is 5.92 Å². The Morgan fingerprint density at radius 1 is 1.21 bits per heavy atom. The zero-order valence-corrected chi connectivity index (χ0v) is 16.5. The van der Waals surface area contributed by atoms with Gasteiger partial charge in [0.1, 0.15) is 5.75 Å². The van der Waals surface area contributed by atoms with Crippen LogP contribution in [0.25, 0.3) is 22.0 Å². The normalized spacial score (nSPS) is 17.9. The van der Waals surface area contributed by atoms with Crippen molar-refractivity contribution < 1.29 is 9.84 Å². The number of hydrogen-bond donors (Lipinski definition) is 2. The summed E-state index contributed by atoms with van der Waals surface area (Å²) in [7, 11) is 1.70. The van der Waals surface area contributed by atoms with E-state index in [0.717, 1.165) is 43.9 Å². The number of aliphatic hydroxyl groups is 1. The van der Waals surface area contributed by atoms with Crippen molar-refractivity contribution in [3.05, 3.63) is 48.2 Å². The molecular weight excluding hydrogens is 350 g/mol. The molecule has 1 aliphatic rings. The Bertz CT molecular complexity index is 921. The Hall–Kier alpha value is -2.37. The van der Waals surface area contributed by atoms with Crippen molar-refractivity contribution in [2.75, 3.05) is 26.8 Å². The summed E-state index contributed by atoms with van der Waals surface area (Å²) >= 11 is 0. The van der Waals surface area contributed by atoms with E-state index in [0.29, 0.717) is 12.5 Å². The summed E-state index contributed by atoms with van der Waals surface area (Å²) in [5.41, 5.74) is 3.52. The van der Waals surface area contributed by atoms with Crippen molar-refractivity contribution in [1.29, 1.82) is 0 Å². The monoisotopic (exact) mass is 379 g/mol. The van der Waals surface area contributed by atoms with E-state index in [1.54, 1.807) is 7.11 Å². The van der Waals surface area contributed by atoms with Crippen LogP contribution in [-0.4, -0.2) is 47.0 Å². The van der Waals surface area contributed by atoms with E-state index < -0.39 is 0 Å². The number of rotatable bonds is 7. The lowest BCUT2D eigenvalue weighted by Crippen LogP contribution is -2.35. The molecular formula is C23H29N3O2. The minimum Gasteiger partial charge on any atom is -0.497 e. The number of H-pyrrole nitrogens is 1. The third-order valence-electron chi connectivity index (χ3n) is 5.82. The number of hydrogen-bond acceptors (Lipinski definition) is 4. The number of likely N-dealkylation sites (tertiary alicyclic amines) is 1. The highest BCUT2D eigenvalue weighted by Crippen LogP contribution is 2.29. The van der Waals surface area contributed by atoms with Gasteiger partial charge in [0.05, 0.1) is 19.0 Å². The summed E-state index contributed by atoms with van der Waals surface area (Å²) < 4.78 is 5.33. The second-order valence-corrected chi connectivity index (χ2v) is 7.81. The van der Waals surface area contributed by atoms with E-state index in [2.05, 4.69) is 45.4 Å². The summed E-state index contributed by atoms with van der Waals surface area (Å²) in [4.78, 5) is 2.53. The zero-order valence-electron chi connectivity index (χ0n) is 16.5. The van der Waals surface area contributed by atoms with Gasteiger partial charge in [-0.25, -0.2) is 0 Å². The molecule has 0 spiro atoms. The molecule has 5 nitrogen and oxygen atoms in total. The van der Waals surface area contributed by atoms with Gasteiger partial charge in [-0.1, -0.05) is 18.2 Å². The minimum atomic E-state index is 0.302. The number of piperidine rings is 1. The maximum Gasteiger partial charge on any atom is 0.119 e. The van der Waals surface area contributed by atoms with Crippen LogP contribution in [0.5, 0.6) is 5.75 Å². The molecule has 1 aliphatic heterocycles. The van der Waals surface area contributed by atoms with Crippen LogP contribution in [0.4, 0.5) is 0 Å². The molecule has 0 unspecified atom stereocenters. The molecule has 4 rings (SSSR count). The van der Waals surface area contributed by atoms with Crippen LogP contribution >= 0.6 is 0 Å². The van der Waals surface area contributed by atoms with Gasteiger partial charge in [0, 0.05) is 30.8 Å². The van der Waals surface area contributed by atoms with Gasteiger partial charge in [-0.3, -0.25) is 10.00 Å². The number of methoxy groups -OCH3 is 1. The van der Waals surface area contributed by atoms with Crippen molar-refractivity contribution in [2.24, 2.45) is 5.92 Å². The Balaban J connectivity index is 1.51. The molecule has 0 bridgehead atoms. The first kappa shape index (κ1) is 19.0. The smallest absolute Gasteiger partial charge is 0.119 e. The number of nitrogens with zero attached hydrogens (tertiary/aromatic N) is 2. The van der Waals surface area contributed by atoms with Gasteiger partial charge in [0.2, 0.25) is 0 Å². The fourth-order valence-corrected chi connectivity index (χ4v) is 4.34. The Morgan fingerprint density at radius 2 is 2.07 bits per heavy atom. The average Bonchev–Trinajstić information content (AvgIpc) is 3.19. The number of aromatic amines is 1. The summed E-state index contributed by atoms with van der Waals surface area (Å²) in [5, 5.41) is 19.0. The van der Waals surface area contributed by atoms with Gasteiger partial charge in [-0.2, -0.15) is 5.10 Å². The number of fused-ring (bicyclic) bond motifs is 1. The van der Waals surface area contributed by atoms with E-state index in [1.165, 1.54) is 34.7 Å². The second-order valence-electron chi connectivity index (χ2n) is 7.81. The lowest BCUT2D eigenvalue weighted by molar-refractivity contribution is 0.153. The van der Waals surface area contributed by atoms with Crippen LogP contribution in [0.15, 0.2) is 42.6 Å². The fraction of sp³-hybridized carbons (Fsp3) is 0.435. The van der Waals surface area contributed by atoms with Gasteiger partial charge >= 0.3 is 0 Å². The SMILES string of the molecule is COc1ccc2cc(-c3[nH]ncc3CN3CCC[C@@H](CCCO)C3)ccc2c1. The molecule has 1 atom stereocenters. The molecule has 0 radical (unpaired) electrons. The molecule has 1 aromatic heterocycles. The lowest BCUT2D eigenvalue weighted by atomic mass is 9.93. The number of aliphatic hydroxyl groups excluding tert-OH is 1. The fourth-order valence-electron chi connectivity index (χ4n) is 4.34. The molecule has 2 aromatic carbocycles. The van der Waals surface area contributed by atoms with Crippen LogP contribution in [0.3, 0.4) is 0 Å². The van der Waals surface area contributed by atoms with Crippen LogP contribution in [-0.2, 0) is 6.54 Å². The molecule has 0 aliphatic carbocycles. The first-order chi connectivity index (χ1) is 13.8. The van der Waals surface area contributed by atoms with Gasteiger partial charge in [0.25, 0.3) is 0 Å². The zero-order chi connectivity index (χ0) is 19.3. The first-order valence-corrected chi connectivity index (χ1v) is 10.2. The molecule has 148 valence electrons. The van der Waals surface area contributed by atoms with E-state index in [9.17, 15) is 0 Å². The highest BCUT2D eigenvalue weighted by Gasteiger charge is 2.21. The first-order valence-electron chi connectivity index (χ1n) is 10.2. The van der Waals surface area contributed by atoms with Gasteiger partial charge in [-0.05, 0) is 67.1 Å². The largest absolute Gasteiger partial charge is 0.497 e. The molecule has 5 heteroatoms. The number of ether oxygens (including phenoxy) is 1. The van der Waals surface area contributed by atoms with Crippen molar-refractivity contribution in [1.82, 2.24) is 15.1 Å². The minimum absolute atomic E-state index is 0.302. The predicted molar refractivity (Wildman–Crippen MR) is 112 cm³/mol. The number of aromatic nitrogens is 2. The lowest BCUT2D eigenvalue weighted by Gasteiger charge is -2.32. The average molecular weight is 380 g/mol. The maximum atomic E-state index is 9.10. The Morgan fingerprint density at radius 3 is 2.93 bits per heavy atom. The van der Waals surface area contributed by atoms with E-state index in [-0.39, 0.29) is 0 Å². The van der Waals surface area contributed by atoms with Crippen molar-refractivity contribution in [3.8, 4) is 17.0 Å². The highest BCUT2D eigenvalue weighted by molar-refractivity contribution is 5.88. The Labute approximate surface area is 166 Å². The molecule has 0 amide bonds. The van der Waals surface area contributed by atoms with Crippen molar-refractivity contribution >= 4 is 10.8 Å². The topological polar surface area (TPSA) is 61.4 Å². The summed E-state index contributed by atoms with van der Waals surface area (Å²) in [5.74, 6) is 1.58. The summed E-state index contributed by atoms with van der Waals surface area (Å²) in [6.07, 6.45) is 6.52. The van der Waals surface area contributed by atoms with Gasteiger partial charge in [0.15, 0.2) is 0 Å². The van der Waals surface area contributed by atoms with Crippen LogP contribution < -0.4 is 4.74 Å². The highest BCUT2D eigenvalue weighted by atomic mass is 16.5. The van der Waals surface area contributed by atoms with Crippen molar-refractivity contribution in [2.45, 2.75) is 32.2 Å². The summed E-state index contributed by atoms with van der Waals surface area (Å²) in [6, 6.07) is 12.7. The molecule has 1 saturated heterocycles. The molecule has 28 heavy (non-hydrogen) atoms. The quantitative estimate of drug-likeness (QED) is 0.645. The van der Waals surface area contributed by atoms with E-state index in [4.69, 9.17) is 9.84 Å². The van der Waals surface area contributed by atoms with Gasteiger partial charge in [-0.15, -0.1) is 0 Å². The standard InChI is InChI=1S/C23H29N3O2/c1-28-22-9-8-18-12-20(7-6-19(18)13-22)23-21(14-24-25-23)16-26-10-2-4-17(15-26)5-3-11-27/h6-9,12-14,17,27H,2-5,10-11,15-16H2,1H3,(H,24,25)/t17-/m0/s1.